The van der Waals surface area contributed by atoms with Crippen LogP contribution in [0.4, 0.5) is 5.13 Å². The molecule has 2 N–H and O–H groups in total. The molecule has 4 nitrogen and oxygen atoms in total. The van der Waals surface area contributed by atoms with E-state index in [0.717, 1.165) is 29.7 Å². The molecular weight excluding hydrogens is 210 g/mol. The normalized spacial score (nSPS) is 12.8. The quantitative estimate of drug-likeness (QED) is 0.805. The third kappa shape index (κ3) is 3.44. The molecule has 0 bridgehead atoms. The topological polar surface area (TPSA) is 51.4 Å². The summed E-state index contributed by atoms with van der Waals surface area (Å²) >= 11 is 1.66. The van der Waals surface area contributed by atoms with E-state index in [2.05, 4.69) is 16.8 Å². The summed E-state index contributed by atoms with van der Waals surface area (Å²) in [5.74, 6) is 0. The van der Waals surface area contributed by atoms with Crippen LogP contribution in [0.3, 0.4) is 0 Å². The molecular formula is C10H19N3OS. The highest BCUT2D eigenvalue weighted by Gasteiger charge is 2.10. The van der Waals surface area contributed by atoms with Crippen molar-refractivity contribution in [1.29, 1.82) is 0 Å². The van der Waals surface area contributed by atoms with Crippen molar-refractivity contribution in [1.82, 2.24) is 4.98 Å². The lowest BCUT2D eigenvalue weighted by Gasteiger charge is -2.18. The summed E-state index contributed by atoms with van der Waals surface area (Å²) < 4.78 is 5.06. The van der Waals surface area contributed by atoms with E-state index in [0.29, 0.717) is 0 Å². The first-order valence-corrected chi connectivity index (χ1v) is 5.95. The molecule has 1 atom stereocenters. The molecule has 0 radical (unpaired) electrons. The molecule has 1 aromatic heterocycles. The van der Waals surface area contributed by atoms with Crippen LogP contribution in [0.25, 0.3) is 0 Å². The van der Waals surface area contributed by atoms with Gasteiger partial charge in [0.25, 0.3) is 0 Å². The highest BCUT2D eigenvalue weighted by molar-refractivity contribution is 7.15. The van der Waals surface area contributed by atoms with Crippen LogP contribution in [0.5, 0.6) is 0 Å². The van der Waals surface area contributed by atoms with E-state index in [1.807, 2.05) is 13.1 Å². The van der Waals surface area contributed by atoms with Crippen LogP contribution in [0.2, 0.25) is 0 Å². The van der Waals surface area contributed by atoms with Gasteiger partial charge >= 0.3 is 0 Å². The Labute approximate surface area is 95.1 Å². The average Bonchev–Trinajstić information content (AvgIpc) is 2.68. The number of ether oxygens (including phenoxy) is 1. The van der Waals surface area contributed by atoms with Crippen LogP contribution < -0.4 is 10.6 Å². The van der Waals surface area contributed by atoms with Crippen LogP contribution in [0.15, 0.2) is 6.20 Å². The number of hydrogen-bond donors (Lipinski definition) is 1. The first kappa shape index (κ1) is 12.4. The lowest BCUT2D eigenvalue weighted by atomic mass is 10.3. The predicted molar refractivity (Wildman–Crippen MR) is 64.5 cm³/mol. The minimum atomic E-state index is 0.0670. The monoisotopic (exact) mass is 229 g/mol. The number of nitrogens with zero attached hydrogens (tertiary/aromatic N) is 2. The van der Waals surface area contributed by atoms with Gasteiger partial charge in [-0.15, -0.1) is 11.3 Å². The maximum Gasteiger partial charge on any atom is 0.185 e. The molecule has 0 saturated heterocycles. The van der Waals surface area contributed by atoms with E-state index in [1.165, 1.54) is 0 Å². The number of likely N-dealkylation sites (N-methyl/N-ethyl adjacent to an activating group) is 1. The predicted octanol–water partition coefficient (Wildman–Crippen LogP) is 1.64. The third-order valence-electron chi connectivity index (χ3n) is 2.18. The van der Waals surface area contributed by atoms with E-state index in [1.54, 1.807) is 18.4 Å². The van der Waals surface area contributed by atoms with Crippen LogP contribution in [0.1, 0.15) is 24.8 Å². The summed E-state index contributed by atoms with van der Waals surface area (Å²) in [6.07, 6.45) is 1.86. The summed E-state index contributed by atoms with van der Waals surface area (Å²) in [5.41, 5.74) is 5.80. The molecule has 1 rings (SSSR count). The number of aromatic nitrogens is 1. The Balaban J connectivity index is 2.65. The molecule has 0 aromatic carbocycles. The zero-order chi connectivity index (χ0) is 11.3. The molecule has 0 amide bonds. The van der Waals surface area contributed by atoms with Gasteiger partial charge in [-0.1, -0.05) is 0 Å². The van der Waals surface area contributed by atoms with Crippen molar-refractivity contribution in [2.45, 2.75) is 19.9 Å². The number of methoxy groups -OCH3 is 1. The SMILES string of the molecule is CCN(CCOC)c1ncc(C(C)N)s1. The Hall–Kier alpha value is -0.650. The van der Waals surface area contributed by atoms with Crippen LogP contribution in [-0.4, -0.2) is 31.8 Å². The summed E-state index contributed by atoms with van der Waals surface area (Å²) in [4.78, 5) is 7.69. The zero-order valence-corrected chi connectivity index (χ0v) is 10.4. The molecule has 5 heteroatoms. The van der Waals surface area contributed by atoms with Gasteiger partial charge in [0.2, 0.25) is 0 Å². The van der Waals surface area contributed by atoms with E-state index in [-0.39, 0.29) is 6.04 Å². The second-order valence-corrected chi connectivity index (χ2v) is 4.45. The number of nitrogens with two attached hydrogens (primary N) is 1. The first-order valence-electron chi connectivity index (χ1n) is 5.14. The Bertz CT molecular complexity index is 288. The summed E-state index contributed by atoms with van der Waals surface area (Å²) in [7, 11) is 1.71. The molecule has 0 saturated carbocycles. The smallest absolute Gasteiger partial charge is 0.185 e. The Morgan fingerprint density at radius 3 is 2.87 bits per heavy atom. The molecule has 0 aliphatic rings. The van der Waals surface area contributed by atoms with E-state index in [9.17, 15) is 0 Å². The molecule has 1 unspecified atom stereocenters. The highest BCUT2D eigenvalue weighted by atomic mass is 32.1. The summed E-state index contributed by atoms with van der Waals surface area (Å²) in [6.45, 7) is 6.63. The highest BCUT2D eigenvalue weighted by Crippen LogP contribution is 2.25. The first-order chi connectivity index (χ1) is 7.19. The Morgan fingerprint density at radius 2 is 2.40 bits per heavy atom. The lowest BCUT2D eigenvalue weighted by Crippen LogP contribution is -2.26. The maximum absolute atomic E-state index is 5.80. The van der Waals surface area contributed by atoms with Gasteiger partial charge in [0.05, 0.1) is 6.61 Å². The summed E-state index contributed by atoms with van der Waals surface area (Å²) in [5, 5.41) is 1.03. The molecule has 0 aliphatic carbocycles. The molecule has 1 heterocycles. The van der Waals surface area contributed by atoms with Gasteiger partial charge in [0.1, 0.15) is 0 Å². The third-order valence-corrected chi connectivity index (χ3v) is 3.44. The van der Waals surface area contributed by atoms with Gasteiger partial charge in [0, 0.05) is 37.3 Å². The number of anilines is 1. The van der Waals surface area contributed by atoms with E-state index in [4.69, 9.17) is 10.5 Å². The van der Waals surface area contributed by atoms with Gasteiger partial charge in [-0.2, -0.15) is 0 Å². The molecule has 0 spiro atoms. The fourth-order valence-electron chi connectivity index (χ4n) is 1.22. The van der Waals surface area contributed by atoms with Gasteiger partial charge in [-0.25, -0.2) is 4.98 Å². The van der Waals surface area contributed by atoms with Crippen molar-refractivity contribution in [2.75, 3.05) is 31.7 Å². The number of hydrogen-bond acceptors (Lipinski definition) is 5. The maximum atomic E-state index is 5.80. The molecule has 15 heavy (non-hydrogen) atoms. The molecule has 1 aromatic rings. The van der Waals surface area contributed by atoms with E-state index < -0.39 is 0 Å². The number of thiazole rings is 1. The largest absolute Gasteiger partial charge is 0.383 e. The van der Waals surface area contributed by atoms with Gasteiger partial charge in [-0.3, -0.25) is 0 Å². The number of rotatable bonds is 6. The van der Waals surface area contributed by atoms with Crippen molar-refractivity contribution in [2.24, 2.45) is 5.73 Å². The van der Waals surface area contributed by atoms with Crippen molar-refractivity contribution < 1.29 is 4.74 Å². The van der Waals surface area contributed by atoms with Crippen molar-refractivity contribution in [3.05, 3.63) is 11.1 Å². The summed E-state index contributed by atoms with van der Waals surface area (Å²) in [6, 6.07) is 0.0670. The second kappa shape index (κ2) is 6.05. The minimum absolute atomic E-state index is 0.0670. The van der Waals surface area contributed by atoms with Crippen molar-refractivity contribution in [3.63, 3.8) is 0 Å². The lowest BCUT2D eigenvalue weighted by molar-refractivity contribution is 0.205. The molecule has 0 aliphatic heterocycles. The second-order valence-electron chi connectivity index (χ2n) is 3.41. The van der Waals surface area contributed by atoms with Crippen LogP contribution in [-0.2, 0) is 4.74 Å². The average molecular weight is 229 g/mol. The fraction of sp³-hybridized carbons (Fsp3) is 0.700. The van der Waals surface area contributed by atoms with Crippen molar-refractivity contribution >= 4 is 16.5 Å². The van der Waals surface area contributed by atoms with Gasteiger partial charge in [-0.05, 0) is 13.8 Å². The molecule has 0 fully saturated rings. The van der Waals surface area contributed by atoms with Gasteiger partial charge < -0.3 is 15.4 Å². The zero-order valence-electron chi connectivity index (χ0n) is 9.56. The molecule has 86 valence electrons. The Morgan fingerprint density at radius 1 is 1.67 bits per heavy atom. The standard InChI is InChI=1S/C10H19N3OS/c1-4-13(5-6-14-3)10-12-7-9(15-10)8(2)11/h7-8H,4-6,11H2,1-3H3. The minimum Gasteiger partial charge on any atom is -0.383 e. The van der Waals surface area contributed by atoms with Gasteiger partial charge in [0.15, 0.2) is 5.13 Å². The van der Waals surface area contributed by atoms with Crippen molar-refractivity contribution in [3.8, 4) is 0 Å². The van der Waals surface area contributed by atoms with Crippen LogP contribution in [0, 0.1) is 0 Å². The van der Waals surface area contributed by atoms with Crippen LogP contribution >= 0.6 is 11.3 Å². The Kier molecular flexibility index (Phi) is 5.01. The fourth-order valence-corrected chi connectivity index (χ4v) is 2.18. The van der Waals surface area contributed by atoms with E-state index >= 15 is 0 Å².